The maximum atomic E-state index is 13.1. The van der Waals surface area contributed by atoms with Crippen LogP contribution in [0.4, 0.5) is 0 Å². The normalized spacial score (nSPS) is 14.2. The number of ether oxygens (including phenoxy) is 4. The summed E-state index contributed by atoms with van der Waals surface area (Å²) in [5.74, 6) is -0.514. The highest BCUT2D eigenvalue weighted by Gasteiger charge is 2.30. The Hall–Kier alpha value is -1.94. The van der Waals surface area contributed by atoms with E-state index in [9.17, 15) is 43.2 Å². The molecule has 0 radical (unpaired) electrons. The van der Waals surface area contributed by atoms with Gasteiger partial charge in [-0.3, -0.25) is 37.3 Å². The van der Waals surface area contributed by atoms with Crippen LogP contribution in [-0.2, 0) is 65.4 Å². The van der Waals surface area contributed by atoms with Crippen LogP contribution in [-0.4, -0.2) is 96.7 Å². The molecule has 0 spiro atoms. The zero-order chi connectivity index (χ0) is 72.8. The number of phosphoric ester groups is 2. The predicted molar refractivity (Wildman–Crippen MR) is 405 cm³/mol. The van der Waals surface area contributed by atoms with E-state index < -0.39 is 97.5 Å². The summed E-state index contributed by atoms with van der Waals surface area (Å²) in [5.41, 5.74) is 0. The van der Waals surface area contributed by atoms with Gasteiger partial charge in [0.15, 0.2) is 12.2 Å². The summed E-state index contributed by atoms with van der Waals surface area (Å²) in [6.45, 7) is 9.67. The van der Waals surface area contributed by atoms with E-state index in [-0.39, 0.29) is 25.7 Å². The van der Waals surface area contributed by atoms with Gasteiger partial charge in [-0.25, -0.2) is 9.13 Å². The second kappa shape index (κ2) is 71.7. The van der Waals surface area contributed by atoms with Crippen LogP contribution >= 0.6 is 15.6 Å². The molecule has 17 nitrogen and oxygen atoms in total. The molecule has 0 rings (SSSR count). The lowest BCUT2D eigenvalue weighted by molar-refractivity contribution is -0.161. The Balaban J connectivity index is 5.26. The summed E-state index contributed by atoms with van der Waals surface area (Å²) in [4.78, 5) is 73.0. The minimum Gasteiger partial charge on any atom is -0.462 e. The van der Waals surface area contributed by atoms with Gasteiger partial charge in [0.1, 0.15) is 19.3 Å². The van der Waals surface area contributed by atoms with Crippen molar-refractivity contribution in [1.82, 2.24) is 0 Å². The average molecular weight is 1450 g/mol. The van der Waals surface area contributed by atoms with E-state index in [1.807, 2.05) is 0 Å². The highest BCUT2D eigenvalue weighted by atomic mass is 31.2. The molecule has 0 aliphatic rings. The highest BCUT2D eigenvalue weighted by Crippen LogP contribution is 2.45. The fraction of sp³-hybridized carbons (Fsp3) is 0.950. The van der Waals surface area contributed by atoms with Crippen molar-refractivity contribution in [3.63, 3.8) is 0 Å². The number of hydrogen-bond donors (Lipinski definition) is 3. The number of carbonyl (C=O) groups is 4. The number of phosphoric acid groups is 2. The first kappa shape index (κ1) is 97.1. The van der Waals surface area contributed by atoms with Crippen LogP contribution in [0, 0.1) is 11.8 Å². The van der Waals surface area contributed by atoms with Crippen molar-refractivity contribution in [2.75, 3.05) is 39.6 Å². The summed E-state index contributed by atoms with van der Waals surface area (Å²) in [6.07, 6.45) is 60.8. The van der Waals surface area contributed by atoms with Crippen molar-refractivity contribution in [3.05, 3.63) is 0 Å². The molecule has 19 heteroatoms. The third-order valence-electron chi connectivity index (χ3n) is 19.1. The molecule has 0 bridgehead atoms. The van der Waals surface area contributed by atoms with Crippen LogP contribution < -0.4 is 0 Å². The molecular formula is C80H156O17P2. The maximum Gasteiger partial charge on any atom is 0.472 e. The number of aliphatic hydroxyl groups excluding tert-OH is 1. The predicted octanol–water partition coefficient (Wildman–Crippen LogP) is 23.9. The van der Waals surface area contributed by atoms with Gasteiger partial charge in [0.25, 0.3) is 0 Å². The summed E-state index contributed by atoms with van der Waals surface area (Å²) in [6, 6.07) is 0. The lowest BCUT2D eigenvalue weighted by Crippen LogP contribution is -2.30. The molecule has 0 fully saturated rings. The molecular weight excluding hydrogens is 1290 g/mol. The first-order chi connectivity index (χ1) is 47.9. The van der Waals surface area contributed by atoms with Crippen molar-refractivity contribution in [3.8, 4) is 0 Å². The van der Waals surface area contributed by atoms with E-state index in [0.717, 1.165) is 102 Å². The molecule has 0 amide bonds. The Labute approximate surface area is 607 Å². The topological polar surface area (TPSA) is 237 Å². The number of rotatable bonds is 79. The van der Waals surface area contributed by atoms with Gasteiger partial charge < -0.3 is 33.8 Å². The van der Waals surface area contributed by atoms with Gasteiger partial charge >= 0.3 is 39.5 Å². The first-order valence-electron chi connectivity index (χ1n) is 41.5. The Morgan fingerprint density at radius 3 is 0.768 bits per heavy atom. The molecule has 0 heterocycles. The summed E-state index contributed by atoms with van der Waals surface area (Å²) >= 11 is 0. The average Bonchev–Trinajstić information content (AvgIpc) is 0.982. The van der Waals surface area contributed by atoms with Crippen molar-refractivity contribution in [1.29, 1.82) is 0 Å². The SMILES string of the molecule is CCCCCCCCCCCCCCCCCCCCC(=O)O[C@H](COC(=O)CCCCCCCCCCCCCCCC(C)C)COP(=O)(O)OC[C@@H](O)COP(=O)(O)OC[C@@H](COC(=O)CCCCCCCCCCCCC)OC(=O)CCCCCCCCCCCCC(C)CC. The zero-order valence-electron chi connectivity index (χ0n) is 64.8. The minimum absolute atomic E-state index is 0.107. The number of hydrogen-bond acceptors (Lipinski definition) is 15. The summed E-state index contributed by atoms with van der Waals surface area (Å²) < 4.78 is 68.7. The Morgan fingerprint density at radius 2 is 0.515 bits per heavy atom. The number of aliphatic hydroxyl groups is 1. The van der Waals surface area contributed by atoms with E-state index in [2.05, 4.69) is 41.5 Å². The van der Waals surface area contributed by atoms with Gasteiger partial charge in [0.2, 0.25) is 0 Å². The molecule has 6 atom stereocenters. The van der Waals surface area contributed by atoms with Crippen molar-refractivity contribution in [2.24, 2.45) is 11.8 Å². The lowest BCUT2D eigenvalue weighted by Gasteiger charge is -2.21. The standard InChI is InChI=1S/C80H156O17P2/c1-7-10-12-14-16-18-20-21-22-23-24-25-28-33-40-46-52-58-64-79(84)96-75(69-91-78(83)63-57-51-45-39-32-29-26-27-31-36-42-48-54-60-72(4)5)70-94-98(86,87)92-66-74(81)67-93-99(88,89)95-71-76(68-90-77(82)62-56-50-44-38-30-19-17-15-13-11-8-2)97-80(85)65-59-53-47-41-35-34-37-43-49-55-61-73(6)9-3/h72-76,81H,7-71H2,1-6H3,(H,86,87)(H,88,89)/t73?,74-,75-,76-/m1/s1. The molecule has 588 valence electrons. The van der Waals surface area contributed by atoms with Crippen LogP contribution in [0.5, 0.6) is 0 Å². The van der Waals surface area contributed by atoms with Gasteiger partial charge in [-0.1, -0.05) is 369 Å². The fourth-order valence-electron chi connectivity index (χ4n) is 12.3. The van der Waals surface area contributed by atoms with Gasteiger partial charge in [-0.2, -0.15) is 0 Å². The largest absolute Gasteiger partial charge is 0.472 e. The fourth-order valence-corrected chi connectivity index (χ4v) is 13.9. The van der Waals surface area contributed by atoms with Gasteiger partial charge in [-0.15, -0.1) is 0 Å². The molecule has 0 aromatic rings. The molecule has 0 saturated heterocycles. The Morgan fingerprint density at radius 1 is 0.293 bits per heavy atom. The quantitative estimate of drug-likeness (QED) is 0.0222. The van der Waals surface area contributed by atoms with Crippen LogP contribution in [0.25, 0.3) is 0 Å². The Kier molecular flexibility index (Phi) is 70.3. The smallest absolute Gasteiger partial charge is 0.462 e. The van der Waals surface area contributed by atoms with Crippen LogP contribution in [0.1, 0.15) is 420 Å². The van der Waals surface area contributed by atoms with Crippen LogP contribution in [0.15, 0.2) is 0 Å². The highest BCUT2D eigenvalue weighted by molar-refractivity contribution is 7.47. The molecule has 99 heavy (non-hydrogen) atoms. The summed E-state index contributed by atoms with van der Waals surface area (Å²) in [5, 5.41) is 10.6. The lowest BCUT2D eigenvalue weighted by atomic mass is 9.99. The second-order valence-corrected chi connectivity index (χ2v) is 32.4. The molecule has 0 saturated carbocycles. The van der Waals surface area contributed by atoms with Gasteiger partial charge in [0, 0.05) is 25.7 Å². The second-order valence-electron chi connectivity index (χ2n) is 29.5. The molecule has 3 N–H and O–H groups in total. The van der Waals surface area contributed by atoms with Crippen molar-refractivity contribution < 1.29 is 80.2 Å². The monoisotopic (exact) mass is 1450 g/mol. The number of esters is 4. The van der Waals surface area contributed by atoms with E-state index in [0.29, 0.717) is 25.7 Å². The number of unbranched alkanes of at least 4 members (excludes halogenated alkanes) is 48. The van der Waals surface area contributed by atoms with E-state index in [1.165, 1.54) is 238 Å². The van der Waals surface area contributed by atoms with E-state index in [1.54, 1.807) is 0 Å². The first-order valence-corrected chi connectivity index (χ1v) is 44.5. The third kappa shape index (κ3) is 72.8. The summed E-state index contributed by atoms with van der Waals surface area (Å²) in [7, 11) is -9.92. The molecule has 0 aliphatic heterocycles. The maximum absolute atomic E-state index is 13.1. The molecule has 0 aromatic heterocycles. The van der Waals surface area contributed by atoms with Crippen molar-refractivity contribution in [2.45, 2.75) is 439 Å². The molecule has 3 unspecified atom stereocenters. The van der Waals surface area contributed by atoms with Gasteiger partial charge in [0.05, 0.1) is 26.4 Å². The van der Waals surface area contributed by atoms with Gasteiger partial charge in [-0.05, 0) is 37.5 Å². The van der Waals surface area contributed by atoms with E-state index >= 15 is 0 Å². The van der Waals surface area contributed by atoms with E-state index in [4.69, 9.17) is 37.0 Å². The zero-order valence-corrected chi connectivity index (χ0v) is 66.6. The number of carbonyl (C=O) groups excluding carboxylic acids is 4. The molecule has 0 aliphatic carbocycles. The molecule has 0 aromatic carbocycles. The van der Waals surface area contributed by atoms with Crippen LogP contribution in [0.2, 0.25) is 0 Å². The minimum atomic E-state index is -4.96. The Bertz CT molecular complexity index is 1910. The van der Waals surface area contributed by atoms with Crippen molar-refractivity contribution >= 4 is 39.5 Å². The third-order valence-corrected chi connectivity index (χ3v) is 21.0. The van der Waals surface area contributed by atoms with Crippen LogP contribution in [0.3, 0.4) is 0 Å².